The molecule has 1 aromatic heterocycles. The Kier molecular flexibility index (Phi) is 5.87. The summed E-state index contributed by atoms with van der Waals surface area (Å²) in [5.74, 6) is -0.115. The summed E-state index contributed by atoms with van der Waals surface area (Å²) in [5, 5.41) is 16.3. The number of aliphatic hydroxyl groups is 1. The Labute approximate surface area is 136 Å². The number of aromatic nitrogens is 3. The lowest BCUT2D eigenvalue weighted by Crippen LogP contribution is -2.37. The van der Waals surface area contributed by atoms with Crippen molar-refractivity contribution in [1.29, 1.82) is 0 Å². The van der Waals surface area contributed by atoms with Crippen LogP contribution in [-0.4, -0.2) is 38.9 Å². The third kappa shape index (κ3) is 4.16. The van der Waals surface area contributed by atoms with Crippen molar-refractivity contribution < 1.29 is 9.90 Å². The molecule has 2 aromatic rings. The number of hydrogen-bond acceptors (Lipinski definition) is 4. The molecule has 1 aromatic carbocycles. The molecule has 2 N–H and O–H groups in total. The Bertz CT molecular complexity index is 621. The van der Waals surface area contributed by atoms with Crippen molar-refractivity contribution in [3.05, 3.63) is 42.5 Å². The van der Waals surface area contributed by atoms with Crippen LogP contribution in [0, 0.1) is 5.41 Å². The van der Waals surface area contributed by atoms with Crippen molar-refractivity contribution >= 4 is 5.91 Å². The van der Waals surface area contributed by atoms with Crippen molar-refractivity contribution in [3.8, 4) is 5.69 Å². The van der Waals surface area contributed by atoms with Crippen LogP contribution in [-0.2, 0) is 0 Å². The van der Waals surface area contributed by atoms with Crippen LogP contribution in [0.25, 0.3) is 5.69 Å². The van der Waals surface area contributed by atoms with Gasteiger partial charge >= 0.3 is 0 Å². The largest absolute Gasteiger partial charge is 0.396 e. The van der Waals surface area contributed by atoms with E-state index in [2.05, 4.69) is 29.2 Å². The van der Waals surface area contributed by atoms with E-state index >= 15 is 0 Å². The van der Waals surface area contributed by atoms with Gasteiger partial charge < -0.3 is 10.4 Å². The van der Waals surface area contributed by atoms with Crippen molar-refractivity contribution in [2.45, 2.75) is 33.1 Å². The zero-order chi connectivity index (χ0) is 16.7. The average Bonchev–Trinajstić information content (AvgIpc) is 3.13. The van der Waals surface area contributed by atoms with Gasteiger partial charge in [0.25, 0.3) is 5.91 Å². The first-order valence-electron chi connectivity index (χ1n) is 7.98. The van der Waals surface area contributed by atoms with E-state index in [4.69, 9.17) is 0 Å². The summed E-state index contributed by atoms with van der Waals surface area (Å²) < 4.78 is 1.62. The molecule has 1 heterocycles. The number of aliphatic hydroxyl groups excluding tert-OH is 1. The van der Waals surface area contributed by atoms with Gasteiger partial charge in [-0.1, -0.05) is 19.9 Å². The quantitative estimate of drug-likeness (QED) is 0.782. The van der Waals surface area contributed by atoms with Crippen molar-refractivity contribution in [2.24, 2.45) is 5.41 Å². The number of carbonyl (C=O) groups excluding carboxylic acids is 1. The molecule has 0 atom stereocenters. The SMILES string of the molecule is CCC(CC)(CCO)CNC(=O)c1cccc(-n2cncn2)c1. The topological polar surface area (TPSA) is 80.0 Å². The van der Waals surface area contributed by atoms with Gasteiger partial charge in [-0.3, -0.25) is 4.79 Å². The number of carbonyl (C=O) groups is 1. The highest BCUT2D eigenvalue weighted by Gasteiger charge is 2.26. The predicted molar refractivity (Wildman–Crippen MR) is 88.4 cm³/mol. The van der Waals surface area contributed by atoms with Crippen LogP contribution in [0.5, 0.6) is 0 Å². The molecular formula is C17H24N4O2. The normalized spacial score (nSPS) is 11.4. The zero-order valence-electron chi connectivity index (χ0n) is 13.7. The lowest BCUT2D eigenvalue weighted by atomic mass is 9.79. The Hall–Kier alpha value is -2.21. The second-order valence-electron chi connectivity index (χ2n) is 5.75. The molecule has 0 saturated carbocycles. The maximum absolute atomic E-state index is 12.4. The van der Waals surface area contributed by atoms with Gasteiger partial charge in [0.05, 0.1) is 5.69 Å². The predicted octanol–water partition coefficient (Wildman–Crippen LogP) is 2.19. The molecule has 0 saturated heterocycles. The van der Waals surface area contributed by atoms with Gasteiger partial charge in [0.1, 0.15) is 12.7 Å². The lowest BCUT2D eigenvalue weighted by molar-refractivity contribution is 0.0907. The Morgan fingerprint density at radius 3 is 2.74 bits per heavy atom. The Morgan fingerprint density at radius 1 is 1.35 bits per heavy atom. The number of amides is 1. The fourth-order valence-electron chi connectivity index (χ4n) is 2.68. The molecule has 23 heavy (non-hydrogen) atoms. The molecule has 0 fully saturated rings. The highest BCUT2D eigenvalue weighted by atomic mass is 16.3. The fraction of sp³-hybridized carbons (Fsp3) is 0.471. The van der Waals surface area contributed by atoms with Gasteiger partial charge in [-0.15, -0.1) is 0 Å². The molecule has 0 aliphatic heterocycles. The van der Waals surface area contributed by atoms with Crippen LogP contribution in [0.1, 0.15) is 43.5 Å². The fourth-order valence-corrected chi connectivity index (χ4v) is 2.68. The third-order valence-electron chi connectivity index (χ3n) is 4.56. The van der Waals surface area contributed by atoms with Crippen molar-refractivity contribution in [3.63, 3.8) is 0 Å². The first kappa shape index (κ1) is 17.1. The Morgan fingerprint density at radius 2 is 2.13 bits per heavy atom. The van der Waals surface area contributed by atoms with Gasteiger partial charge in [-0.05, 0) is 42.9 Å². The number of nitrogens with one attached hydrogen (secondary N) is 1. The second kappa shape index (κ2) is 7.87. The van der Waals surface area contributed by atoms with E-state index < -0.39 is 0 Å². The maximum atomic E-state index is 12.4. The van der Waals surface area contributed by atoms with Gasteiger partial charge in [0.15, 0.2) is 0 Å². The third-order valence-corrected chi connectivity index (χ3v) is 4.56. The smallest absolute Gasteiger partial charge is 0.251 e. The summed E-state index contributed by atoms with van der Waals surface area (Å²) in [7, 11) is 0. The van der Waals surface area contributed by atoms with Crippen LogP contribution >= 0.6 is 0 Å². The van der Waals surface area contributed by atoms with Gasteiger partial charge in [-0.2, -0.15) is 5.10 Å². The second-order valence-corrected chi connectivity index (χ2v) is 5.75. The van der Waals surface area contributed by atoms with Crippen molar-refractivity contribution in [2.75, 3.05) is 13.2 Å². The molecule has 0 aliphatic rings. The minimum absolute atomic E-state index is 0.0477. The van der Waals surface area contributed by atoms with Gasteiger partial charge in [0.2, 0.25) is 0 Å². The number of nitrogens with zero attached hydrogens (tertiary/aromatic N) is 3. The minimum atomic E-state index is -0.115. The molecule has 2 rings (SSSR count). The number of hydrogen-bond donors (Lipinski definition) is 2. The molecule has 0 aliphatic carbocycles. The lowest BCUT2D eigenvalue weighted by Gasteiger charge is -2.31. The summed E-state index contributed by atoms with van der Waals surface area (Å²) in [4.78, 5) is 16.3. The van der Waals surface area contributed by atoms with E-state index in [0.717, 1.165) is 18.5 Å². The Balaban J connectivity index is 2.07. The van der Waals surface area contributed by atoms with E-state index in [1.54, 1.807) is 23.1 Å². The van der Waals surface area contributed by atoms with E-state index in [1.807, 2.05) is 12.1 Å². The number of benzene rings is 1. The number of rotatable bonds is 8. The molecule has 6 heteroatoms. The van der Waals surface area contributed by atoms with Crippen LogP contribution in [0.3, 0.4) is 0 Å². The van der Waals surface area contributed by atoms with Crippen LogP contribution < -0.4 is 5.32 Å². The highest BCUT2D eigenvalue weighted by molar-refractivity contribution is 5.94. The molecule has 1 amide bonds. The zero-order valence-corrected chi connectivity index (χ0v) is 13.7. The molecule has 124 valence electrons. The molecular weight excluding hydrogens is 292 g/mol. The standard InChI is InChI=1S/C17H24N4O2/c1-3-17(4-2,8-9-22)11-19-16(23)14-6-5-7-15(10-14)21-13-18-12-20-21/h5-7,10,12-13,22H,3-4,8-9,11H2,1-2H3,(H,19,23). The van der Waals surface area contributed by atoms with E-state index in [-0.39, 0.29) is 17.9 Å². The average molecular weight is 316 g/mol. The molecule has 0 unspecified atom stereocenters. The molecule has 0 bridgehead atoms. The van der Waals surface area contributed by atoms with Crippen LogP contribution in [0.4, 0.5) is 0 Å². The van der Waals surface area contributed by atoms with E-state index in [9.17, 15) is 9.90 Å². The van der Waals surface area contributed by atoms with Gasteiger partial charge in [-0.25, -0.2) is 9.67 Å². The van der Waals surface area contributed by atoms with Crippen LogP contribution in [0.2, 0.25) is 0 Å². The summed E-state index contributed by atoms with van der Waals surface area (Å²) in [5.41, 5.74) is 1.33. The maximum Gasteiger partial charge on any atom is 0.251 e. The highest BCUT2D eigenvalue weighted by Crippen LogP contribution is 2.29. The van der Waals surface area contributed by atoms with E-state index in [0.29, 0.717) is 18.5 Å². The summed E-state index contributed by atoms with van der Waals surface area (Å²) >= 11 is 0. The summed E-state index contributed by atoms with van der Waals surface area (Å²) in [6.07, 6.45) is 5.59. The van der Waals surface area contributed by atoms with Crippen molar-refractivity contribution in [1.82, 2.24) is 20.1 Å². The van der Waals surface area contributed by atoms with E-state index in [1.165, 1.54) is 6.33 Å². The first-order chi connectivity index (χ1) is 11.1. The molecule has 6 nitrogen and oxygen atoms in total. The summed E-state index contributed by atoms with van der Waals surface area (Å²) in [6.45, 7) is 4.89. The minimum Gasteiger partial charge on any atom is -0.396 e. The first-order valence-corrected chi connectivity index (χ1v) is 7.98. The van der Waals surface area contributed by atoms with Crippen LogP contribution in [0.15, 0.2) is 36.9 Å². The molecule has 0 radical (unpaired) electrons. The monoisotopic (exact) mass is 316 g/mol. The summed E-state index contributed by atoms with van der Waals surface area (Å²) in [6, 6.07) is 7.27. The molecule has 0 spiro atoms. The van der Waals surface area contributed by atoms with Gasteiger partial charge in [0, 0.05) is 18.7 Å².